The van der Waals surface area contributed by atoms with E-state index in [-0.39, 0.29) is 37.0 Å². The highest BCUT2D eigenvalue weighted by molar-refractivity contribution is 7.89. The predicted molar refractivity (Wildman–Crippen MR) is 197 cm³/mol. The Morgan fingerprint density at radius 3 is 1.98 bits per heavy atom. The fourth-order valence-electron chi connectivity index (χ4n) is 7.46. The molecule has 10 nitrogen and oxygen atoms in total. The lowest BCUT2D eigenvalue weighted by Gasteiger charge is -2.39. The van der Waals surface area contributed by atoms with Crippen LogP contribution in [0.2, 0.25) is 5.02 Å². The topological polar surface area (TPSA) is 87.7 Å². The van der Waals surface area contributed by atoms with Gasteiger partial charge in [0.25, 0.3) is 10.2 Å². The average Bonchev–Trinajstić information content (AvgIpc) is 3.07. The summed E-state index contributed by atoms with van der Waals surface area (Å²) in [5.74, 6) is -0.0181. The number of anilines is 2. The molecule has 49 heavy (non-hydrogen) atoms. The van der Waals surface area contributed by atoms with Crippen LogP contribution in [0.25, 0.3) is 0 Å². The van der Waals surface area contributed by atoms with Crippen molar-refractivity contribution >= 4 is 43.2 Å². The van der Waals surface area contributed by atoms with Gasteiger partial charge in [0.2, 0.25) is 10.0 Å². The van der Waals surface area contributed by atoms with E-state index >= 15 is 0 Å². The number of halogens is 2. The zero-order valence-electron chi connectivity index (χ0n) is 29.3. The van der Waals surface area contributed by atoms with E-state index in [9.17, 15) is 21.2 Å². The molecule has 3 fully saturated rings. The van der Waals surface area contributed by atoms with Crippen LogP contribution >= 0.6 is 11.6 Å². The Kier molecular flexibility index (Phi) is 13.3. The average molecular weight is 741 g/mol. The van der Waals surface area contributed by atoms with E-state index in [1.807, 2.05) is 43.0 Å². The summed E-state index contributed by atoms with van der Waals surface area (Å²) in [7, 11) is -3.80. The number of sulfonamides is 1. The second-order valence-corrected chi connectivity index (χ2v) is 18.5. The molecule has 2 aromatic rings. The van der Waals surface area contributed by atoms with Crippen LogP contribution in [0.15, 0.2) is 47.4 Å². The second-order valence-electron chi connectivity index (χ2n) is 14.2. The minimum atomic E-state index is -3.84. The molecule has 5 rings (SSSR count). The van der Waals surface area contributed by atoms with Crippen molar-refractivity contribution in [3.05, 3.63) is 53.3 Å². The van der Waals surface area contributed by atoms with Crippen molar-refractivity contribution in [3.63, 3.8) is 0 Å². The van der Waals surface area contributed by atoms with E-state index in [1.165, 1.54) is 48.5 Å². The van der Waals surface area contributed by atoms with Gasteiger partial charge in [0, 0.05) is 78.7 Å². The van der Waals surface area contributed by atoms with Gasteiger partial charge >= 0.3 is 0 Å². The quantitative estimate of drug-likeness (QED) is 0.367. The van der Waals surface area contributed by atoms with Crippen molar-refractivity contribution in [2.24, 2.45) is 11.8 Å². The molecule has 2 saturated heterocycles. The summed E-state index contributed by atoms with van der Waals surface area (Å²) in [6.07, 6.45) is 7.65. The van der Waals surface area contributed by atoms with Gasteiger partial charge in [0.15, 0.2) is 0 Å². The monoisotopic (exact) mass is 740 g/mol. The van der Waals surface area contributed by atoms with Gasteiger partial charge in [0.1, 0.15) is 5.82 Å². The third kappa shape index (κ3) is 9.87. The van der Waals surface area contributed by atoms with Crippen molar-refractivity contribution in [3.8, 4) is 0 Å². The molecular weight excluding hydrogens is 687 g/mol. The summed E-state index contributed by atoms with van der Waals surface area (Å²) in [6.45, 7) is 7.07. The Balaban J connectivity index is 1.34. The highest BCUT2D eigenvalue weighted by Gasteiger charge is 2.35. The highest BCUT2D eigenvalue weighted by atomic mass is 35.5. The van der Waals surface area contributed by atoms with Crippen LogP contribution in [0.5, 0.6) is 0 Å². The van der Waals surface area contributed by atoms with Crippen LogP contribution < -0.4 is 9.80 Å². The van der Waals surface area contributed by atoms with E-state index in [0.717, 1.165) is 31.7 Å². The molecule has 1 saturated carbocycles. The van der Waals surface area contributed by atoms with Gasteiger partial charge in [-0.15, -0.1) is 0 Å². The third-order valence-electron chi connectivity index (χ3n) is 10.2. The summed E-state index contributed by atoms with van der Waals surface area (Å²) in [4.78, 5) is 6.61. The van der Waals surface area contributed by atoms with E-state index in [4.69, 9.17) is 11.6 Å². The minimum Gasteiger partial charge on any atom is -0.378 e. The zero-order chi connectivity index (χ0) is 35.2. The van der Waals surface area contributed by atoms with Gasteiger partial charge in [-0.2, -0.15) is 21.3 Å². The molecule has 0 spiro atoms. The smallest absolute Gasteiger partial charge is 0.282 e. The second kappa shape index (κ2) is 17.0. The summed E-state index contributed by atoms with van der Waals surface area (Å²) >= 11 is 6.32. The van der Waals surface area contributed by atoms with Crippen molar-refractivity contribution < 1.29 is 21.2 Å². The standard InChI is InChI=1S/C35H54ClFN6O4S2/c1-29-26-42(48(44,45)33-14-12-32(13-15-33)38(2)3)19-7-17-39(28-30-9-5-4-6-10-30)18-8-20-43(27-29)49(46,47)41-23-21-40(22-24-41)35-16-11-31(37)25-34(35)36/h11-16,25,29-30H,4-10,17-24,26-28H2,1-3H3/t29-/m0/s1. The largest absolute Gasteiger partial charge is 0.378 e. The van der Waals surface area contributed by atoms with Crippen molar-refractivity contribution in [2.45, 2.75) is 56.8 Å². The van der Waals surface area contributed by atoms with Gasteiger partial charge in [-0.3, -0.25) is 0 Å². The Morgan fingerprint density at radius 2 is 1.37 bits per heavy atom. The van der Waals surface area contributed by atoms with Gasteiger partial charge in [0.05, 0.1) is 15.6 Å². The molecule has 14 heteroatoms. The fraction of sp³-hybridized carbons (Fsp3) is 0.657. The normalized spacial score (nSPS) is 22.8. The SMILES string of the molecule is C[C@H]1CN(S(=O)(=O)c2ccc(N(C)C)cc2)CCCN(CC2CCCCC2)CCCN(S(=O)(=O)N2CCN(c3ccc(F)cc3Cl)CC2)C1. The molecule has 0 aromatic heterocycles. The van der Waals surface area contributed by atoms with Gasteiger partial charge < -0.3 is 14.7 Å². The van der Waals surface area contributed by atoms with Crippen molar-refractivity contribution in [1.29, 1.82) is 0 Å². The van der Waals surface area contributed by atoms with Crippen molar-refractivity contribution in [1.82, 2.24) is 17.8 Å². The van der Waals surface area contributed by atoms with Crippen LogP contribution in [0, 0.1) is 17.7 Å². The number of piperazine rings is 1. The summed E-state index contributed by atoms with van der Waals surface area (Å²) in [6, 6.07) is 11.2. The van der Waals surface area contributed by atoms with E-state index < -0.39 is 26.0 Å². The summed E-state index contributed by atoms with van der Waals surface area (Å²) in [5.41, 5.74) is 1.61. The molecule has 2 aliphatic heterocycles. The molecule has 1 aliphatic carbocycles. The van der Waals surface area contributed by atoms with E-state index in [1.54, 1.807) is 26.8 Å². The molecule has 1 atom stereocenters. The highest BCUT2D eigenvalue weighted by Crippen LogP contribution is 2.29. The molecule has 0 bridgehead atoms. The summed E-state index contributed by atoms with van der Waals surface area (Å²) in [5, 5.41) is 0.305. The first kappa shape index (κ1) is 38.2. The van der Waals surface area contributed by atoms with Crippen LogP contribution in [-0.4, -0.2) is 121 Å². The first-order valence-electron chi connectivity index (χ1n) is 17.8. The molecule has 0 radical (unpaired) electrons. The number of rotatable bonds is 8. The molecule has 2 aromatic carbocycles. The lowest BCUT2D eigenvalue weighted by Crippen LogP contribution is -2.54. The molecular formula is C35H54ClFN6O4S2. The van der Waals surface area contributed by atoms with Gasteiger partial charge in [-0.05, 0) is 93.1 Å². The Hall–Kier alpha value is -2.00. The number of benzene rings is 2. The molecule has 0 unspecified atom stereocenters. The Bertz CT molecular complexity index is 1580. The summed E-state index contributed by atoms with van der Waals surface area (Å²) < 4.78 is 75.0. The van der Waals surface area contributed by atoms with Crippen molar-refractivity contribution in [2.75, 3.05) is 95.9 Å². The molecule has 274 valence electrons. The first-order chi connectivity index (χ1) is 23.3. The Morgan fingerprint density at radius 1 is 0.755 bits per heavy atom. The maximum Gasteiger partial charge on any atom is 0.282 e. The minimum absolute atomic E-state index is 0.223. The zero-order valence-corrected chi connectivity index (χ0v) is 31.7. The Labute approximate surface area is 299 Å². The number of hydrogen-bond donors (Lipinski definition) is 0. The lowest BCUT2D eigenvalue weighted by molar-refractivity contribution is 0.179. The number of nitrogens with zero attached hydrogens (tertiary/aromatic N) is 6. The van der Waals surface area contributed by atoms with E-state index in [2.05, 4.69) is 4.90 Å². The van der Waals surface area contributed by atoms with Gasteiger partial charge in [-0.25, -0.2) is 12.8 Å². The van der Waals surface area contributed by atoms with Crippen LogP contribution in [0.1, 0.15) is 51.9 Å². The fourth-order valence-corrected chi connectivity index (χ4v) is 11.1. The molecule has 0 amide bonds. The number of hydrogen-bond acceptors (Lipinski definition) is 7. The lowest BCUT2D eigenvalue weighted by atomic mass is 9.89. The van der Waals surface area contributed by atoms with Gasteiger partial charge in [-0.1, -0.05) is 37.8 Å². The third-order valence-corrected chi connectivity index (χ3v) is 14.4. The maximum absolute atomic E-state index is 14.3. The van der Waals surface area contributed by atoms with E-state index in [0.29, 0.717) is 49.2 Å². The molecule has 2 heterocycles. The van der Waals surface area contributed by atoms with Crippen LogP contribution in [-0.2, 0) is 20.2 Å². The van der Waals surface area contributed by atoms with Crippen LogP contribution in [0.4, 0.5) is 15.8 Å². The first-order valence-corrected chi connectivity index (χ1v) is 21.0. The predicted octanol–water partition coefficient (Wildman–Crippen LogP) is 5.22. The molecule has 0 N–H and O–H groups in total. The van der Waals surface area contributed by atoms with Crippen LogP contribution in [0.3, 0.4) is 0 Å². The molecule has 3 aliphatic rings. The maximum atomic E-state index is 14.3.